The van der Waals surface area contributed by atoms with Gasteiger partial charge < -0.3 is 14.7 Å². The number of hydrogen-bond donors (Lipinski definition) is 1. The van der Waals surface area contributed by atoms with Crippen LogP contribution < -0.4 is 0 Å². The number of ether oxygens (including phenoxy) is 1. The van der Waals surface area contributed by atoms with Crippen molar-refractivity contribution in [1.82, 2.24) is 4.90 Å². The fraction of sp³-hybridized carbons (Fsp3) is 0.500. The molecule has 21 heavy (non-hydrogen) atoms. The van der Waals surface area contributed by atoms with E-state index >= 15 is 0 Å². The predicted molar refractivity (Wildman–Crippen MR) is 78.6 cm³/mol. The number of amides is 1. The smallest absolute Gasteiger partial charge is 0.410 e. The van der Waals surface area contributed by atoms with Crippen LogP contribution in [-0.2, 0) is 17.6 Å². The molecule has 1 aromatic carbocycles. The van der Waals surface area contributed by atoms with Crippen molar-refractivity contribution in [3.05, 3.63) is 34.9 Å². The van der Waals surface area contributed by atoms with Crippen LogP contribution in [0.1, 0.15) is 42.3 Å². The lowest BCUT2D eigenvalue weighted by Gasteiger charge is -2.26. The first kappa shape index (κ1) is 15.4. The molecular formula is C16H21NO4. The van der Waals surface area contributed by atoms with E-state index in [9.17, 15) is 14.7 Å². The predicted octanol–water partition coefficient (Wildman–Crippen LogP) is 2.72. The molecule has 1 aliphatic heterocycles. The number of rotatable bonds is 1. The highest BCUT2D eigenvalue weighted by Gasteiger charge is 2.25. The number of carbonyl (C=O) groups is 2. The Bertz CT molecular complexity index is 560. The summed E-state index contributed by atoms with van der Waals surface area (Å²) in [7, 11) is 0. The highest BCUT2D eigenvalue weighted by Crippen LogP contribution is 2.21. The molecule has 1 aliphatic rings. The highest BCUT2D eigenvalue weighted by molar-refractivity contribution is 5.89. The molecule has 0 saturated carbocycles. The number of carboxylic acids is 1. The number of carboxylic acid groups (broad SMARTS) is 1. The number of aromatic carboxylic acids is 1. The Morgan fingerprint density at radius 2 is 1.86 bits per heavy atom. The molecular weight excluding hydrogens is 270 g/mol. The second-order valence-corrected chi connectivity index (χ2v) is 6.22. The topological polar surface area (TPSA) is 66.8 Å². The van der Waals surface area contributed by atoms with Gasteiger partial charge in [-0.15, -0.1) is 0 Å². The molecule has 0 bridgehead atoms. The zero-order valence-electron chi connectivity index (χ0n) is 12.7. The van der Waals surface area contributed by atoms with Gasteiger partial charge in [0.25, 0.3) is 0 Å². The van der Waals surface area contributed by atoms with Gasteiger partial charge in [-0.3, -0.25) is 0 Å². The van der Waals surface area contributed by atoms with Gasteiger partial charge in [-0.05, 0) is 50.8 Å². The van der Waals surface area contributed by atoms with Gasteiger partial charge in [0.2, 0.25) is 0 Å². The number of hydrogen-bond acceptors (Lipinski definition) is 3. The third kappa shape index (κ3) is 3.74. The average molecular weight is 291 g/mol. The quantitative estimate of drug-likeness (QED) is 0.864. The molecule has 1 amide bonds. The maximum atomic E-state index is 12.1. The summed E-state index contributed by atoms with van der Waals surface area (Å²) in [6, 6.07) is 5.30. The van der Waals surface area contributed by atoms with Gasteiger partial charge in [0.1, 0.15) is 5.60 Å². The fourth-order valence-electron chi connectivity index (χ4n) is 2.49. The molecule has 1 N–H and O–H groups in total. The van der Waals surface area contributed by atoms with Crippen LogP contribution in [0.25, 0.3) is 0 Å². The van der Waals surface area contributed by atoms with Crippen molar-refractivity contribution in [1.29, 1.82) is 0 Å². The SMILES string of the molecule is CC(C)(C)OC(=O)N1CCc2cccc(C(=O)O)c2CC1. The van der Waals surface area contributed by atoms with E-state index < -0.39 is 11.6 Å². The molecule has 1 heterocycles. The van der Waals surface area contributed by atoms with Crippen LogP contribution in [0.4, 0.5) is 4.79 Å². The molecule has 0 aliphatic carbocycles. The lowest BCUT2D eigenvalue weighted by molar-refractivity contribution is 0.0258. The molecule has 0 aromatic heterocycles. The summed E-state index contributed by atoms with van der Waals surface area (Å²) in [4.78, 5) is 25.1. The summed E-state index contributed by atoms with van der Waals surface area (Å²) in [5, 5.41) is 9.26. The summed E-state index contributed by atoms with van der Waals surface area (Å²) in [6.45, 7) is 6.53. The van der Waals surface area contributed by atoms with E-state index in [4.69, 9.17) is 4.74 Å². The van der Waals surface area contributed by atoms with Crippen LogP contribution in [0.15, 0.2) is 18.2 Å². The Hall–Kier alpha value is -2.04. The van der Waals surface area contributed by atoms with Crippen molar-refractivity contribution in [3.63, 3.8) is 0 Å². The van der Waals surface area contributed by atoms with Gasteiger partial charge in [0.05, 0.1) is 5.56 Å². The first-order valence-electron chi connectivity index (χ1n) is 7.10. The lowest BCUT2D eigenvalue weighted by atomic mass is 9.97. The van der Waals surface area contributed by atoms with E-state index in [0.717, 1.165) is 11.1 Å². The van der Waals surface area contributed by atoms with E-state index in [-0.39, 0.29) is 6.09 Å². The molecule has 5 heteroatoms. The maximum Gasteiger partial charge on any atom is 0.410 e. The summed E-state index contributed by atoms with van der Waals surface area (Å²) in [5.74, 6) is -0.919. The van der Waals surface area contributed by atoms with Crippen LogP contribution in [0, 0.1) is 0 Å². The van der Waals surface area contributed by atoms with Crippen molar-refractivity contribution >= 4 is 12.1 Å². The van der Waals surface area contributed by atoms with Gasteiger partial charge >= 0.3 is 12.1 Å². The van der Waals surface area contributed by atoms with Gasteiger partial charge in [-0.25, -0.2) is 9.59 Å². The minimum absolute atomic E-state index is 0.332. The van der Waals surface area contributed by atoms with E-state index in [1.54, 1.807) is 17.0 Å². The Kier molecular flexibility index (Phi) is 4.21. The Labute approximate surface area is 124 Å². The number of benzene rings is 1. The van der Waals surface area contributed by atoms with Crippen molar-refractivity contribution in [3.8, 4) is 0 Å². The Morgan fingerprint density at radius 1 is 1.19 bits per heavy atom. The lowest BCUT2D eigenvalue weighted by Crippen LogP contribution is -2.38. The second kappa shape index (κ2) is 5.76. The standard InChI is InChI=1S/C16H21NO4/c1-16(2,3)21-15(20)17-9-7-11-5-4-6-13(14(18)19)12(11)8-10-17/h4-6H,7-10H2,1-3H3,(H,18,19). The minimum Gasteiger partial charge on any atom is -0.478 e. The molecule has 0 radical (unpaired) electrons. The van der Waals surface area contributed by atoms with Gasteiger partial charge in [-0.1, -0.05) is 12.1 Å². The van der Waals surface area contributed by atoms with Crippen LogP contribution in [-0.4, -0.2) is 40.8 Å². The maximum absolute atomic E-state index is 12.1. The highest BCUT2D eigenvalue weighted by atomic mass is 16.6. The molecule has 0 spiro atoms. The minimum atomic E-state index is -0.919. The van der Waals surface area contributed by atoms with Gasteiger partial charge in [0, 0.05) is 13.1 Å². The van der Waals surface area contributed by atoms with E-state index in [2.05, 4.69) is 0 Å². The largest absolute Gasteiger partial charge is 0.478 e. The first-order valence-corrected chi connectivity index (χ1v) is 7.10. The van der Waals surface area contributed by atoms with Gasteiger partial charge in [0.15, 0.2) is 0 Å². The summed E-state index contributed by atoms with van der Waals surface area (Å²) >= 11 is 0. The van der Waals surface area contributed by atoms with Crippen molar-refractivity contribution in [2.24, 2.45) is 0 Å². The van der Waals surface area contributed by atoms with Crippen molar-refractivity contribution in [2.45, 2.75) is 39.2 Å². The monoisotopic (exact) mass is 291 g/mol. The summed E-state index contributed by atoms with van der Waals surface area (Å²) in [6.07, 6.45) is 0.847. The molecule has 0 saturated heterocycles. The third-order valence-corrected chi connectivity index (χ3v) is 3.44. The second-order valence-electron chi connectivity index (χ2n) is 6.22. The molecule has 1 aromatic rings. The van der Waals surface area contributed by atoms with Crippen molar-refractivity contribution in [2.75, 3.05) is 13.1 Å². The molecule has 0 atom stereocenters. The van der Waals surface area contributed by atoms with Crippen LogP contribution in [0.2, 0.25) is 0 Å². The average Bonchev–Trinajstić information content (AvgIpc) is 2.58. The zero-order chi connectivity index (χ0) is 15.6. The van der Waals surface area contributed by atoms with E-state index in [1.807, 2.05) is 26.8 Å². The summed E-state index contributed by atoms with van der Waals surface area (Å²) < 4.78 is 5.38. The molecule has 0 fully saturated rings. The van der Waals surface area contributed by atoms with Crippen LogP contribution in [0.5, 0.6) is 0 Å². The number of nitrogens with zero attached hydrogens (tertiary/aromatic N) is 1. The Balaban J connectivity index is 2.16. The van der Waals surface area contributed by atoms with Crippen LogP contribution >= 0.6 is 0 Å². The zero-order valence-corrected chi connectivity index (χ0v) is 12.7. The molecule has 114 valence electrons. The molecule has 0 unspecified atom stereocenters. The summed E-state index contributed by atoms with van der Waals surface area (Å²) in [5.41, 5.74) is 1.64. The fourth-order valence-corrected chi connectivity index (χ4v) is 2.49. The van der Waals surface area contributed by atoms with Crippen LogP contribution in [0.3, 0.4) is 0 Å². The van der Waals surface area contributed by atoms with Crippen molar-refractivity contribution < 1.29 is 19.4 Å². The van der Waals surface area contributed by atoms with Gasteiger partial charge in [-0.2, -0.15) is 0 Å². The molecule has 2 rings (SSSR count). The first-order chi connectivity index (χ1) is 9.78. The Morgan fingerprint density at radius 3 is 2.48 bits per heavy atom. The normalized spacial score (nSPS) is 15.1. The number of fused-ring (bicyclic) bond motifs is 1. The third-order valence-electron chi connectivity index (χ3n) is 3.44. The molecule has 5 nitrogen and oxygen atoms in total. The van der Waals surface area contributed by atoms with E-state index in [1.165, 1.54) is 0 Å². The van der Waals surface area contributed by atoms with E-state index in [0.29, 0.717) is 31.5 Å². The number of carbonyl (C=O) groups excluding carboxylic acids is 1.